The quantitative estimate of drug-likeness (QED) is 0.801. The number of pyridine rings is 1. The third-order valence-corrected chi connectivity index (χ3v) is 2.99. The Labute approximate surface area is 128 Å². The molecule has 0 fully saturated rings. The monoisotopic (exact) mass is 296 g/mol. The number of benzene rings is 1. The van der Waals surface area contributed by atoms with Gasteiger partial charge in [-0.3, -0.25) is 9.78 Å². The highest BCUT2D eigenvalue weighted by atomic mass is 16.4. The number of carboxylic acids is 1. The second kappa shape index (κ2) is 7.73. The van der Waals surface area contributed by atoms with E-state index in [2.05, 4.69) is 10.3 Å². The molecule has 0 saturated heterocycles. The van der Waals surface area contributed by atoms with Gasteiger partial charge in [-0.15, -0.1) is 0 Å². The molecule has 0 aliphatic carbocycles. The molecule has 1 aromatic heterocycles. The molecule has 0 aliphatic rings. The molecular weight excluding hydrogens is 280 g/mol. The molecule has 0 spiro atoms. The summed E-state index contributed by atoms with van der Waals surface area (Å²) in [5.74, 6) is -1.17. The lowest BCUT2D eigenvalue weighted by molar-refractivity contribution is -0.116. The van der Waals surface area contributed by atoms with E-state index in [0.29, 0.717) is 13.0 Å². The predicted octanol–water partition coefficient (Wildman–Crippen LogP) is 2.15. The minimum absolute atomic E-state index is 0.196. The maximum atomic E-state index is 11.7. The van der Waals surface area contributed by atoms with Crippen LogP contribution in [-0.4, -0.2) is 28.5 Å². The van der Waals surface area contributed by atoms with E-state index < -0.39 is 5.97 Å². The number of hydrogen-bond donors (Lipinski definition) is 2. The summed E-state index contributed by atoms with van der Waals surface area (Å²) in [6, 6.07) is 12.0. The van der Waals surface area contributed by atoms with Crippen LogP contribution in [0.5, 0.6) is 0 Å². The molecule has 2 rings (SSSR count). The molecule has 5 heteroatoms. The second-order valence-corrected chi connectivity index (χ2v) is 4.62. The van der Waals surface area contributed by atoms with Gasteiger partial charge in [-0.05, 0) is 35.9 Å². The number of nitrogens with zero attached hydrogens (tertiary/aromatic N) is 1. The number of carboxylic acid groups (broad SMARTS) is 1. The summed E-state index contributed by atoms with van der Waals surface area (Å²) in [7, 11) is 0. The molecule has 0 unspecified atom stereocenters. The van der Waals surface area contributed by atoms with Crippen LogP contribution in [0.4, 0.5) is 0 Å². The van der Waals surface area contributed by atoms with Gasteiger partial charge in [-0.25, -0.2) is 4.79 Å². The minimum atomic E-state index is -0.970. The summed E-state index contributed by atoms with van der Waals surface area (Å²) in [5.41, 5.74) is 1.91. The molecule has 0 bridgehead atoms. The molecule has 0 aliphatic heterocycles. The van der Waals surface area contributed by atoms with E-state index in [9.17, 15) is 9.59 Å². The van der Waals surface area contributed by atoms with E-state index in [4.69, 9.17) is 5.11 Å². The Kier molecular flexibility index (Phi) is 5.43. The molecular formula is C17H16N2O3. The van der Waals surface area contributed by atoms with Crippen LogP contribution >= 0.6 is 0 Å². The lowest BCUT2D eigenvalue weighted by atomic mass is 10.1. The average molecular weight is 296 g/mol. The highest BCUT2D eigenvalue weighted by Gasteiger charge is 2.01. The van der Waals surface area contributed by atoms with Gasteiger partial charge in [-0.1, -0.05) is 18.2 Å². The Hall–Kier alpha value is -2.95. The van der Waals surface area contributed by atoms with Gasteiger partial charge in [0.2, 0.25) is 5.91 Å². The first kappa shape index (κ1) is 15.4. The zero-order valence-corrected chi connectivity index (χ0v) is 11.9. The topological polar surface area (TPSA) is 79.3 Å². The Bertz CT molecular complexity index is 664. The van der Waals surface area contributed by atoms with Gasteiger partial charge < -0.3 is 10.4 Å². The summed E-state index contributed by atoms with van der Waals surface area (Å²) in [5, 5.41) is 11.6. The van der Waals surface area contributed by atoms with Gasteiger partial charge in [-0.2, -0.15) is 0 Å². The third kappa shape index (κ3) is 4.86. The highest BCUT2D eigenvalue weighted by Crippen LogP contribution is 2.06. The number of amides is 1. The molecule has 2 N–H and O–H groups in total. The first-order valence-corrected chi connectivity index (χ1v) is 6.84. The fourth-order valence-electron chi connectivity index (χ4n) is 1.83. The minimum Gasteiger partial charge on any atom is -0.478 e. The standard InChI is InChI=1S/C17H16N2O3/c20-16(19-12-10-15-3-1-2-11-18-15)9-6-13-4-7-14(8-5-13)17(21)22/h1-9,11H,10,12H2,(H,19,20)(H,21,22). The van der Waals surface area contributed by atoms with Crippen LogP contribution in [-0.2, 0) is 11.2 Å². The predicted molar refractivity (Wildman–Crippen MR) is 83.4 cm³/mol. The van der Waals surface area contributed by atoms with Crippen molar-refractivity contribution >= 4 is 18.0 Å². The maximum absolute atomic E-state index is 11.7. The van der Waals surface area contributed by atoms with E-state index in [0.717, 1.165) is 11.3 Å². The number of nitrogens with one attached hydrogen (secondary N) is 1. The zero-order chi connectivity index (χ0) is 15.8. The first-order chi connectivity index (χ1) is 10.6. The normalized spacial score (nSPS) is 10.5. The molecule has 1 amide bonds. The summed E-state index contributed by atoms with van der Waals surface area (Å²) < 4.78 is 0. The summed E-state index contributed by atoms with van der Waals surface area (Å²) in [6.07, 6.45) is 5.46. The van der Waals surface area contributed by atoms with E-state index in [1.165, 1.54) is 18.2 Å². The molecule has 1 aromatic carbocycles. The van der Waals surface area contributed by atoms with Gasteiger partial charge in [0, 0.05) is 30.9 Å². The first-order valence-electron chi connectivity index (χ1n) is 6.84. The summed E-state index contributed by atoms with van der Waals surface area (Å²) >= 11 is 0. The van der Waals surface area contributed by atoms with Crippen LogP contribution in [0.2, 0.25) is 0 Å². The van der Waals surface area contributed by atoms with Crippen LogP contribution in [0, 0.1) is 0 Å². The fraction of sp³-hybridized carbons (Fsp3) is 0.118. The van der Waals surface area contributed by atoms with E-state index >= 15 is 0 Å². The lowest BCUT2D eigenvalue weighted by Gasteiger charge is -2.01. The maximum Gasteiger partial charge on any atom is 0.335 e. The van der Waals surface area contributed by atoms with Crippen LogP contribution in [0.15, 0.2) is 54.7 Å². The molecule has 0 atom stereocenters. The largest absolute Gasteiger partial charge is 0.478 e. The summed E-state index contributed by atoms with van der Waals surface area (Å²) in [4.78, 5) is 26.6. The van der Waals surface area contributed by atoms with Gasteiger partial charge >= 0.3 is 5.97 Å². The van der Waals surface area contributed by atoms with Crippen LogP contribution in [0.3, 0.4) is 0 Å². The molecule has 1 heterocycles. The van der Waals surface area contributed by atoms with Crippen LogP contribution in [0.25, 0.3) is 6.08 Å². The number of rotatable bonds is 6. The highest BCUT2D eigenvalue weighted by molar-refractivity contribution is 5.92. The van der Waals surface area contributed by atoms with Crippen molar-refractivity contribution in [2.75, 3.05) is 6.54 Å². The zero-order valence-electron chi connectivity index (χ0n) is 11.9. The van der Waals surface area contributed by atoms with Crippen molar-refractivity contribution in [3.05, 3.63) is 71.6 Å². The van der Waals surface area contributed by atoms with Gasteiger partial charge in [0.1, 0.15) is 0 Å². The van der Waals surface area contributed by atoms with Crippen molar-refractivity contribution in [3.8, 4) is 0 Å². The van der Waals surface area contributed by atoms with Crippen molar-refractivity contribution in [1.82, 2.24) is 10.3 Å². The SMILES string of the molecule is O=C(C=Cc1ccc(C(=O)O)cc1)NCCc1ccccn1. The number of aromatic carboxylic acids is 1. The Morgan fingerprint density at radius 1 is 1.14 bits per heavy atom. The lowest BCUT2D eigenvalue weighted by Crippen LogP contribution is -2.23. The number of carbonyl (C=O) groups is 2. The number of carbonyl (C=O) groups excluding carboxylic acids is 1. The molecule has 112 valence electrons. The van der Waals surface area contributed by atoms with Crippen molar-refractivity contribution in [2.24, 2.45) is 0 Å². The van der Waals surface area contributed by atoms with Crippen LogP contribution in [0.1, 0.15) is 21.6 Å². The van der Waals surface area contributed by atoms with E-state index in [1.54, 1.807) is 24.4 Å². The smallest absolute Gasteiger partial charge is 0.335 e. The van der Waals surface area contributed by atoms with Crippen molar-refractivity contribution in [3.63, 3.8) is 0 Å². The van der Waals surface area contributed by atoms with Crippen LogP contribution < -0.4 is 5.32 Å². The second-order valence-electron chi connectivity index (χ2n) is 4.62. The number of hydrogen-bond acceptors (Lipinski definition) is 3. The molecule has 22 heavy (non-hydrogen) atoms. The van der Waals surface area contributed by atoms with Gasteiger partial charge in [0.25, 0.3) is 0 Å². The third-order valence-electron chi connectivity index (χ3n) is 2.99. The Morgan fingerprint density at radius 2 is 1.91 bits per heavy atom. The Morgan fingerprint density at radius 3 is 2.55 bits per heavy atom. The molecule has 5 nitrogen and oxygen atoms in total. The summed E-state index contributed by atoms with van der Waals surface area (Å²) in [6.45, 7) is 0.512. The average Bonchev–Trinajstić information content (AvgIpc) is 2.54. The molecule has 2 aromatic rings. The van der Waals surface area contributed by atoms with Gasteiger partial charge in [0.15, 0.2) is 0 Å². The Balaban J connectivity index is 1.80. The number of aromatic nitrogens is 1. The molecule has 0 radical (unpaired) electrons. The van der Waals surface area contributed by atoms with Crippen molar-refractivity contribution in [2.45, 2.75) is 6.42 Å². The fourth-order valence-corrected chi connectivity index (χ4v) is 1.83. The molecule has 0 saturated carbocycles. The van der Waals surface area contributed by atoms with Gasteiger partial charge in [0.05, 0.1) is 5.56 Å². The van der Waals surface area contributed by atoms with E-state index in [-0.39, 0.29) is 11.5 Å². The van der Waals surface area contributed by atoms with E-state index in [1.807, 2.05) is 18.2 Å². The van der Waals surface area contributed by atoms with Crippen molar-refractivity contribution in [1.29, 1.82) is 0 Å². The van der Waals surface area contributed by atoms with Crippen molar-refractivity contribution < 1.29 is 14.7 Å².